The molecular weight excluding hydrogens is 362 g/mol. The van der Waals surface area contributed by atoms with E-state index in [1.807, 2.05) is 19.1 Å². The zero-order valence-electron chi connectivity index (χ0n) is 10.5. The number of ether oxygens (including phenoxy) is 1. The van der Waals surface area contributed by atoms with E-state index in [9.17, 15) is 4.79 Å². The molecule has 1 unspecified atom stereocenters. The van der Waals surface area contributed by atoms with Crippen molar-refractivity contribution in [1.29, 1.82) is 0 Å². The summed E-state index contributed by atoms with van der Waals surface area (Å²) >= 11 is 6.99. The van der Waals surface area contributed by atoms with Gasteiger partial charge in [0, 0.05) is 21.4 Å². The Bertz CT molecular complexity index is 435. The zero-order chi connectivity index (χ0) is 13.7. The fraction of sp³-hybridized carbons (Fsp3) is 0.462. The molecule has 0 amide bonds. The summed E-state index contributed by atoms with van der Waals surface area (Å²) in [6.45, 7) is 4.22. The summed E-state index contributed by atoms with van der Waals surface area (Å²) in [6.07, 6.45) is 0.917. The molecule has 3 nitrogen and oxygen atoms in total. The topological polar surface area (TPSA) is 52.3 Å². The number of halogens is 2. The van der Waals surface area contributed by atoms with E-state index in [0.717, 1.165) is 20.1 Å². The fourth-order valence-corrected chi connectivity index (χ4v) is 2.72. The van der Waals surface area contributed by atoms with E-state index in [0.29, 0.717) is 19.4 Å². The number of esters is 1. The molecule has 1 aromatic rings. The first-order chi connectivity index (χ1) is 8.45. The van der Waals surface area contributed by atoms with Crippen LogP contribution in [0.15, 0.2) is 21.1 Å². The first kappa shape index (κ1) is 15.7. The molecule has 0 bridgehead atoms. The highest BCUT2D eigenvalue weighted by molar-refractivity contribution is 9.11. The molecule has 1 aromatic carbocycles. The summed E-state index contributed by atoms with van der Waals surface area (Å²) in [5.41, 5.74) is 8.24. The molecule has 0 aliphatic heterocycles. The van der Waals surface area contributed by atoms with Crippen molar-refractivity contribution in [3.63, 3.8) is 0 Å². The van der Waals surface area contributed by atoms with Gasteiger partial charge >= 0.3 is 5.97 Å². The molecule has 0 aliphatic carbocycles. The second-order valence-corrected chi connectivity index (χ2v) is 5.78. The van der Waals surface area contributed by atoms with E-state index in [1.54, 1.807) is 6.92 Å². The number of carbonyl (C=O) groups is 1. The largest absolute Gasteiger partial charge is 0.466 e. The highest BCUT2D eigenvalue weighted by Crippen LogP contribution is 2.30. The molecule has 2 N–H and O–H groups in total. The molecule has 0 fully saturated rings. The van der Waals surface area contributed by atoms with Crippen molar-refractivity contribution in [2.24, 2.45) is 5.73 Å². The maximum absolute atomic E-state index is 11.3. The van der Waals surface area contributed by atoms with Crippen LogP contribution in [-0.4, -0.2) is 12.6 Å². The molecule has 18 heavy (non-hydrogen) atoms. The predicted octanol–water partition coefficient (Wildman–Crippen LogP) is 3.86. The standard InChI is InChI=1S/C13H17Br2NO2/c1-3-18-13(17)5-4-12(16)9-7-10(14)8(2)6-11(9)15/h6-7,12H,3-5,16H2,1-2H3. The Morgan fingerprint density at radius 2 is 2.06 bits per heavy atom. The van der Waals surface area contributed by atoms with Gasteiger partial charge in [-0.15, -0.1) is 0 Å². The predicted molar refractivity (Wildman–Crippen MR) is 79.4 cm³/mol. The van der Waals surface area contributed by atoms with Gasteiger partial charge < -0.3 is 10.5 Å². The lowest BCUT2D eigenvalue weighted by atomic mass is 10.0. The van der Waals surface area contributed by atoms with E-state index in [-0.39, 0.29) is 12.0 Å². The molecule has 0 radical (unpaired) electrons. The monoisotopic (exact) mass is 377 g/mol. The SMILES string of the molecule is CCOC(=O)CCC(N)c1cc(Br)c(C)cc1Br. The van der Waals surface area contributed by atoms with Crippen molar-refractivity contribution < 1.29 is 9.53 Å². The van der Waals surface area contributed by atoms with E-state index in [1.165, 1.54) is 0 Å². The van der Waals surface area contributed by atoms with Crippen LogP contribution >= 0.6 is 31.9 Å². The number of benzene rings is 1. The van der Waals surface area contributed by atoms with Crippen LogP contribution < -0.4 is 5.73 Å². The summed E-state index contributed by atoms with van der Waals surface area (Å²) in [5, 5.41) is 0. The van der Waals surface area contributed by atoms with Crippen molar-refractivity contribution in [1.82, 2.24) is 0 Å². The molecule has 5 heteroatoms. The number of rotatable bonds is 5. The molecule has 1 rings (SSSR count). The molecule has 0 aliphatic rings. The van der Waals surface area contributed by atoms with E-state index < -0.39 is 0 Å². The van der Waals surface area contributed by atoms with E-state index >= 15 is 0 Å². The molecule has 0 heterocycles. The third-order valence-corrected chi connectivity index (χ3v) is 4.18. The normalized spacial score (nSPS) is 12.3. The van der Waals surface area contributed by atoms with Crippen LogP contribution in [-0.2, 0) is 9.53 Å². The Balaban J connectivity index is 2.69. The van der Waals surface area contributed by atoms with Crippen molar-refractivity contribution >= 4 is 37.8 Å². The first-order valence-electron chi connectivity index (χ1n) is 5.82. The quantitative estimate of drug-likeness (QED) is 0.791. The van der Waals surface area contributed by atoms with Crippen LogP contribution in [0.25, 0.3) is 0 Å². The Kier molecular flexibility index (Phi) is 6.32. The lowest BCUT2D eigenvalue weighted by Gasteiger charge is -2.15. The van der Waals surface area contributed by atoms with Crippen LogP contribution in [0.5, 0.6) is 0 Å². The van der Waals surface area contributed by atoms with Crippen molar-refractivity contribution in [2.45, 2.75) is 32.7 Å². The molecular formula is C13H17Br2NO2. The summed E-state index contributed by atoms with van der Waals surface area (Å²) in [4.78, 5) is 11.3. The van der Waals surface area contributed by atoms with Crippen molar-refractivity contribution in [2.75, 3.05) is 6.61 Å². The third-order valence-electron chi connectivity index (χ3n) is 2.64. The lowest BCUT2D eigenvalue weighted by molar-refractivity contribution is -0.143. The summed E-state index contributed by atoms with van der Waals surface area (Å²) in [7, 11) is 0. The minimum atomic E-state index is -0.199. The minimum Gasteiger partial charge on any atom is -0.466 e. The average molecular weight is 379 g/mol. The smallest absolute Gasteiger partial charge is 0.305 e. The van der Waals surface area contributed by atoms with Crippen molar-refractivity contribution in [3.05, 3.63) is 32.2 Å². The summed E-state index contributed by atoms with van der Waals surface area (Å²) < 4.78 is 6.88. The number of carbonyl (C=O) groups excluding carboxylic acids is 1. The van der Waals surface area contributed by atoms with Gasteiger partial charge in [-0.05, 0) is 43.5 Å². The van der Waals surface area contributed by atoms with Crippen molar-refractivity contribution in [3.8, 4) is 0 Å². The van der Waals surface area contributed by atoms with Gasteiger partial charge in [0.25, 0.3) is 0 Å². The lowest BCUT2D eigenvalue weighted by Crippen LogP contribution is -2.14. The van der Waals surface area contributed by atoms with Gasteiger partial charge in [0.05, 0.1) is 6.61 Å². The number of hydrogen-bond acceptors (Lipinski definition) is 3. The Morgan fingerprint density at radius 1 is 1.39 bits per heavy atom. The van der Waals surface area contributed by atoms with Crippen LogP contribution in [0.3, 0.4) is 0 Å². The van der Waals surface area contributed by atoms with Crippen LogP contribution in [0, 0.1) is 6.92 Å². The third kappa shape index (κ3) is 4.37. The number of hydrogen-bond donors (Lipinski definition) is 1. The van der Waals surface area contributed by atoms with Gasteiger partial charge in [0.2, 0.25) is 0 Å². The van der Waals surface area contributed by atoms with Crippen LogP contribution in [0.2, 0.25) is 0 Å². The summed E-state index contributed by atoms with van der Waals surface area (Å²) in [5.74, 6) is -0.199. The fourth-order valence-electron chi connectivity index (χ4n) is 1.61. The van der Waals surface area contributed by atoms with Gasteiger partial charge in [-0.25, -0.2) is 0 Å². The zero-order valence-corrected chi connectivity index (χ0v) is 13.7. The van der Waals surface area contributed by atoms with Gasteiger partial charge in [0.15, 0.2) is 0 Å². The van der Waals surface area contributed by atoms with Gasteiger partial charge in [-0.1, -0.05) is 31.9 Å². The molecule has 0 saturated carbocycles. The molecule has 100 valence electrons. The Labute approximate surface area is 124 Å². The summed E-state index contributed by atoms with van der Waals surface area (Å²) in [6, 6.07) is 3.83. The highest BCUT2D eigenvalue weighted by atomic mass is 79.9. The highest BCUT2D eigenvalue weighted by Gasteiger charge is 2.14. The molecule has 0 saturated heterocycles. The molecule has 0 aromatic heterocycles. The Morgan fingerprint density at radius 3 is 2.67 bits per heavy atom. The molecule has 0 spiro atoms. The number of nitrogens with two attached hydrogens (primary N) is 1. The second-order valence-electron chi connectivity index (χ2n) is 4.07. The van der Waals surface area contributed by atoms with Gasteiger partial charge in [-0.3, -0.25) is 4.79 Å². The number of aryl methyl sites for hydroxylation is 1. The van der Waals surface area contributed by atoms with E-state index in [2.05, 4.69) is 31.9 Å². The molecule has 1 atom stereocenters. The van der Waals surface area contributed by atoms with Gasteiger partial charge in [0.1, 0.15) is 0 Å². The Hall–Kier alpha value is -0.390. The average Bonchev–Trinajstić information content (AvgIpc) is 2.31. The minimum absolute atomic E-state index is 0.180. The maximum atomic E-state index is 11.3. The van der Waals surface area contributed by atoms with Gasteiger partial charge in [-0.2, -0.15) is 0 Å². The van der Waals surface area contributed by atoms with Crippen LogP contribution in [0.4, 0.5) is 0 Å². The second kappa shape index (κ2) is 7.26. The maximum Gasteiger partial charge on any atom is 0.305 e. The van der Waals surface area contributed by atoms with Crippen LogP contribution in [0.1, 0.15) is 36.9 Å². The van der Waals surface area contributed by atoms with E-state index in [4.69, 9.17) is 10.5 Å². The first-order valence-corrected chi connectivity index (χ1v) is 7.41.